The molecule has 0 aliphatic carbocycles. The third-order valence-electron chi connectivity index (χ3n) is 5.18. The largest absolute Gasteiger partial charge is 0.481 e. The number of aliphatic carboxylic acids is 2. The van der Waals surface area contributed by atoms with Crippen LogP contribution >= 0.6 is 0 Å². The van der Waals surface area contributed by atoms with Crippen molar-refractivity contribution in [2.45, 2.75) is 57.7 Å². The molecule has 1 aromatic rings. The van der Waals surface area contributed by atoms with E-state index in [1.165, 1.54) is 0 Å². The Labute approximate surface area is 192 Å². The van der Waals surface area contributed by atoms with Crippen molar-refractivity contribution in [1.29, 1.82) is 0 Å². The monoisotopic (exact) mass is 464 g/mol. The smallest absolute Gasteiger partial charge is 0.326 e. The van der Waals surface area contributed by atoms with Gasteiger partial charge in [-0.3, -0.25) is 19.2 Å². The molecule has 0 bridgehead atoms. The van der Waals surface area contributed by atoms with Gasteiger partial charge >= 0.3 is 11.9 Å². The van der Waals surface area contributed by atoms with E-state index < -0.39 is 60.8 Å². The first-order valence-corrected chi connectivity index (χ1v) is 10.7. The topological polar surface area (TPSA) is 188 Å². The molecule has 0 fully saturated rings. The third-order valence-corrected chi connectivity index (χ3v) is 5.18. The van der Waals surface area contributed by atoms with Crippen LogP contribution in [-0.4, -0.2) is 64.5 Å². The lowest BCUT2D eigenvalue weighted by Crippen LogP contribution is -2.55. The maximum absolute atomic E-state index is 12.7. The molecule has 4 atom stereocenters. The van der Waals surface area contributed by atoms with Crippen LogP contribution in [0, 0.1) is 5.92 Å². The number of hydrogen-bond acceptors (Lipinski definition) is 6. The van der Waals surface area contributed by atoms with E-state index >= 15 is 0 Å². The van der Waals surface area contributed by atoms with Crippen LogP contribution in [0.4, 0.5) is 0 Å². The standard InChI is InChI=1S/C22H32N4O7/c1-3-13(2)19(23)21(31)26-16(11-14-7-5-4-6-8-14)20(30)24-12-17(27)25-15(22(32)33)9-10-18(28)29/h4-8,13,15-16,19H,3,9-12,23H2,1-2H3,(H,24,30)(H,25,27)(H,26,31)(H,28,29)(H,32,33). The second kappa shape index (κ2) is 13.8. The summed E-state index contributed by atoms with van der Waals surface area (Å²) in [6.07, 6.45) is 0.0936. The number of carboxylic acids is 2. The quantitative estimate of drug-likeness (QED) is 0.215. The van der Waals surface area contributed by atoms with Crippen LogP contribution < -0.4 is 21.7 Å². The molecule has 1 rings (SSSR count). The van der Waals surface area contributed by atoms with Crippen LogP contribution in [0.3, 0.4) is 0 Å². The Hall–Kier alpha value is -3.47. The Kier molecular flexibility index (Phi) is 11.6. The maximum Gasteiger partial charge on any atom is 0.326 e. The van der Waals surface area contributed by atoms with Gasteiger partial charge in [0.25, 0.3) is 0 Å². The van der Waals surface area contributed by atoms with Crippen molar-refractivity contribution in [3.8, 4) is 0 Å². The average Bonchev–Trinajstić information content (AvgIpc) is 2.78. The minimum atomic E-state index is -1.40. The summed E-state index contributed by atoms with van der Waals surface area (Å²) in [5.41, 5.74) is 6.74. The number of nitrogens with one attached hydrogen (secondary N) is 3. The van der Waals surface area contributed by atoms with Gasteiger partial charge in [0.1, 0.15) is 12.1 Å². The lowest BCUT2D eigenvalue weighted by atomic mass is 9.98. The van der Waals surface area contributed by atoms with Crippen molar-refractivity contribution in [2.24, 2.45) is 11.7 Å². The highest BCUT2D eigenvalue weighted by Gasteiger charge is 2.27. The lowest BCUT2D eigenvalue weighted by molar-refractivity contribution is -0.143. The molecule has 0 spiro atoms. The number of hydrogen-bond donors (Lipinski definition) is 6. The fourth-order valence-electron chi connectivity index (χ4n) is 2.90. The molecule has 0 aliphatic heterocycles. The molecule has 0 aromatic heterocycles. The molecule has 0 radical (unpaired) electrons. The SMILES string of the molecule is CCC(C)C(N)C(=O)NC(Cc1ccccc1)C(=O)NCC(=O)NC(CCC(=O)O)C(=O)O. The Balaban J connectivity index is 2.79. The van der Waals surface area contributed by atoms with Gasteiger partial charge in [0, 0.05) is 12.8 Å². The van der Waals surface area contributed by atoms with E-state index in [1.807, 2.05) is 19.9 Å². The predicted octanol–water partition coefficient (Wildman–Crippen LogP) is -0.362. The van der Waals surface area contributed by atoms with Gasteiger partial charge in [0.15, 0.2) is 0 Å². The molecule has 0 heterocycles. The molecule has 33 heavy (non-hydrogen) atoms. The Morgan fingerprint density at radius 3 is 2.15 bits per heavy atom. The summed E-state index contributed by atoms with van der Waals surface area (Å²) >= 11 is 0. The maximum atomic E-state index is 12.7. The van der Waals surface area contributed by atoms with E-state index in [1.54, 1.807) is 24.3 Å². The first kappa shape index (κ1) is 27.6. The first-order chi connectivity index (χ1) is 15.5. The molecule has 11 heteroatoms. The number of nitrogens with two attached hydrogens (primary N) is 1. The van der Waals surface area contributed by atoms with E-state index in [2.05, 4.69) is 16.0 Å². The van der Waals surface area contributed by atoms with Crippen LogP contribution in [0.15, 0.2) is 30.3 Å². The highest BCUT2D eigenvalue weighted by Crippen LogP contribution is 2.08. The molecule has 0 aliphatic rings. The van der Waals surface area contributed by atoms with Gasteiger partial charge in [0.05, 0.1) is 12.6 Å². The minimum absolute atomic E-state index is 0.102. The van der Waals surface area contributed by atoms with E-state index in [4.69, 9.17) is 15.9 Å². The summed E-state index contributed by atoms with van der Waals surface area (Å²) in [4.78, 5) is 59.2. The third kappa shape index (κ3) is 10.1. The van der Waals surface area contributed by atoms with Gasteiger partial charge in [-0.2, -0.15) is 0 Å². The van der Waals surface area contributed by atoms with Gasteiger partial charge in [0.2, 0.25) is 17.7 Å². The van der Waals surface area contributed by atoms with Gasteiger partial charge < -0.3 is 31.9 Å². The number of benzene rings is 1. The molecule has 7 N–H and O–H groups in total. The fourth-order valence-corrected chi connectivity index (χ4v) is 2.90. The summed E-state index contributed by atoms with van der Waals surface area (Å²) < 4.78 is 0. The molecular formula is C22H32N4O7. The van der Waals surface area contributed by atoms with Gasteiger partial charge in [-0.25, -0.2) is 4.79 Å². The fraction of sp³-hybridized carbons (Fsp3) is 0.500. The van der Waals surface area contributed by atoms with Crippen molar-refractivity contribution < 1.29 is 34.2 Å². The Bertz CT molecular complexity index is 831. The van der Waals surface area contributed by atoms with Gasteiger partial charge in [-0.1, -0.05) is 50.6 Å². The Morgan fingerprint density at radius 2 is 1.61 bits per heavy atom. The van der Waals surface area contributed by atoms with Gasteiger partial charge in [-0.15, -0.1) is 0 Å². The molecule has 11 nitrogen and oxygen atoms in total. The van der Waals surface area contributed by atoms with Crippen molar-refractivity contribution in [2.75, 3.05) is 6.54 Å². The van der Waals surface area contributed by atoms with Crippen LogP contribution in [0.1, 0.15) is 38.7 Å². The van der Waals surface area contributed by atoms with E-state index in [0.717, 1.165) is 5.56 Å². The molecule has 1 aromatic carbocycles. The summed E-state index contributed by atoms with van der Waals surface area (Å²) in [5.74, 6) is -4.62. The zero-order valence-corrected chi connectivity index (χ0v) is 18.7. The average molecular weight is 465 g/mol. The summed E-state index contributed by atoms with van der Waals surface area (Å²) in [6, 6.07) is 5.73. The van der Waals surface area contributed by atoms with Crippen molar-refractivity contribution in [1.82, 2.24) is 16.0 Å². The lowest BCUT2D eigenvalue weighted by Gasteiger charge is -2.23. The van der Waals surface area contributed by atoms with E-state index in [9.17, 15) is 24.0 Å². The number of carboxylic acid groups (broad SMARTS) is 2. The molecule has 0 saturated carbocycles. The second-order valence-corrected chi connectivity index (χ2v) is 7.77. The summed E-state index contributed by atoms with van der Waals surface area (Å²) in [7, 11) is 0. The van der Waals surface area contributed by atoms with Crippen LogP contribution in [-0.2, 0) is 30.4 Å². The zero-order chi connectivity index (χ0) is 25.0. The van der Waals surface area contributed by atoms with Crippen LogP contribution in [0.5, 0.6) is 0 Å². The normalized spacial score (nSPS) is 14.3. The minimum Gasteiger partial charge on any atom is -0.481 e. The number of rotatable bonds is 14. The van der Waals surface area contributed by atoms with Gasteiger partial charge in [-0.05, 0) is 17.9 Å². The summed E-state index contributed by atoms with van der Waals surface area (Å²) in [5, 5.41) is 25.0. The van der Waals surface area contributed by atoms with Crippen molar-refractivity contribution in [3.05, 3.63) is 35.9 Å². The van der Waals surface area contributed by atoms with Crippen LogP contribution in [0.25, 0.3) is 0 Å². The highest BCUT2D eigenvalue weighted by atomic mass is 16.4. The molecular weight excluding hydrogens is 432 g/mol. The first-order valence-electron chi connectivity index (χ1n) is 10.7. The van der Waals surface area contributed by atoms with Crippen LogP contribution in [0.2, 0.25) is 0 Å². The zero-order valence-electron chi connectivity index (χ0n) is 18.7. The second-order valence-electron chi connectivity index (χ2n) is 7.77. The molecule has 3 amide bonds. The van der Waals surface area contributed by atoms with Crippen molar-refractivity contribution in [3.63, 3.8) is 0 Å². The van der Waals surface area contributed by atoms with E-state index in [0.29, 0.717) is 6.42 Å². The Morgan fingerprint density at radius 1 is 0.970 bits per heavy atom. The molecule has 182 valence electrons. The van der Waals surface area contributed by atoms with E-state index in [-0.39, 0.29) is 18.8 Å². The molecule has 4 unspecified atom stereocenters. The highest BCUT2D eigenvalue weighted by molar-refractivity contribution is 5.92. The molecule has 0 saturated heterocycles. The number of carbonyl (C=O) groups is 5. The number of amides is 3. The van der Waals surface area contributed by atoms with Crippen molar-refractivity contribution >= 4 is 29.7 Å². The number of carbonyl (C=O) groups excluding carboxylic acids is 3. The predicted molar refractivity (Wildman–Crippen MR) is 119 cm³/mol. The summed E-state index contributed by atoms with van der Waals surface area (Å²) in [6.45, 7) is 3.17.